The third kappa shape index (κ3) is 2.62. The highest BCUT2D eigenvalue weighted by Gasteiger charge is 2.07. The maximum absolute atomic E-state index is 3.77. The standard InChI is InChI=1S/C6H4N3.C5H10N/c1-2-4-6-5(3-1)7-9-8-6;1-6-4-2-3-5-6/h1-4H;1-5H2/q-1;+1. The van der Waals surface area contributed by atoms with E-state index in [4.69, 9.17) is 0 Å². The van der Waals surface area contributed by atoms with E-state index >= 15 is 0 Å². The summed E-state index contributed by atoms with van der Waals surface area (Å²) in [5, 5.41) is 11.0. The molecule has 0 radical (unpaired) electrons. The average molecular weight is 202 g/mol. The van der Waals surface area contributed by atoms with Gasteiger partial charge in [-0.15, -0.1) is 0 Å². The van der Waals surface area contributed by atoms with Crippen molar-refractivity contribution in [3.63, 3.8) is 0 Å². The predicted molar refractivity (Wildman–Crippen MR) is 59.2 cm³/mol. The summed E-state index contributed by atoms with van der Waals surface area (Å²) in [6.45, 7) is 6.19. The van der Waals surface area contributed by atoms with Crippen molar-refractivity contribution in [2.24, 2.45) is 0 Å². The number of hydrogen-bond acceptors (Lipinski definition) is 2. The second-order valence-corrected chi connectivity index (χ2v) is 3.60. The Morgan fingerprint density at radius 1 is 1.07 bits per heavy atom. The van der Waals surface area contributed by atoms with Crippen molar-refractivity contribution in [2.75, 3.05) is 13.1 Å². The minimum atomic E-state index is 0.859. The Hall–Kier alpha value is -1.71. The van der Waals surface area contributed by atoms with Crippen molar-refractivity contribution in [1.29, 1.82) is 0 Å². The van der Waals surface area contributed by atoms with Crippen LogP contribution in [-0.4, -0.2) is 34.6 Å². The molecular weight excluding hydrogens is 188 g/mol. The lowest BCUT2D eigenvalue weighted by Gasteiger charge is -1.82. The first-order valence-corrected chi connectivity index (χ1v) is 5.12. The largest absolute Gasteiger partial charge is 0.492 e. The maximum atomic E-state index is 3.77. The van der Waals surface area contributed by atoms with E-state index in [9.17, 15) is 0 Å². The smallest absolute Gasteiger partial charge is 0.142 e. The molecule has 3 rings (SSSR count). The van der Waals surface area contributed by atoms with Crippen LogP contribution >= 0.6 is 0 Å². The molecule has 4 nitrogen and oxygen atoms in total. The molecule has 0 atom stereocenters. The first-order valence-electron chi connectivity index (χ1n) is 5.12. The molecule has 4 heteroatoms. The summed E-state index contributed by atoms with van der Waals surface area (Å²) >= 11 is 0. The molecule has 1 aliphatic rings. The zero-order valence-corrected chi connectivity index (χ0v) is 8.63. The number of rotatable bonds is 0. The summed E-state index contributed by atoms with van der Waals surface area (Å²) in [6.07, 6.45) is 2.70. The van der Waals surface area contributed by atoms with Gasteiger partial charge in [-0.25, -0.2) is 4.58 Å². The van der Waals surface area contributed by atoms with Crippen LogP contribution in [0.5, 0.6) is 0 Å². The molecule has 0 unspecified atom stereocenters. The molecule has 78 valence electrons. The lowest BCUT2D eigenvalue weighted by molar-refractivity contribution is -0.497. The molecule has 0 saturated carbocycles. The normalized spacial score (nSPS) is 15.1. The van der Waals surface area contributed by atoms with Gasteiger partial charge in [0.2, 0.25) is 0 Å². The summed E-state index contributed by atoms with van der Waals surface area (Å²) in [4.78, 5) is 0. The molecule has 0 bridgehead atoms. The van der Waals surface area contributed by atoms with Gasteiger partial charge in [0.15, 0.2) is 0 Å². The van der Waals surface area contributed by atoms with Gasteiger partial charge in [0, 0.05) is 12.8 Å². The zero-order valence-electron chi connectivity index (χ0n) is 8.63. The van der Waals surface area contributed by atoms with Gasteiger partial charge in [-0.3, -0.25) is 0 Å². The molecule has 0 spiro atoms. The second-order valence-electron chi connectivity index (χ2n) is 3.60. The fourth-order valence-corrected chi connectivity index (χ4v) is 1.53. The average Bonchev–Trinajstić information content (AvgIpc) is 2.88. The molecule has 0 aliphatic carbocycles. The van der Waals surface area contributed by atoms with E-state index in [0.29, 0.717) is 0 Å². The van der Waals surface area contributed by atoms with Crippen LogP contribution in [0.15, 0.2) is 24.3 Å². The minimum absolute atomic E-state index is 0.859. The Morgan fingerprint density at radius 3 is 2.00 bits per heavy atom. The quantitative estimate of drug-likeness (QED) is 0.600. The second kappa shape index (κ2) is 4.68. The molecule has 1 aliphatic heterocycles. The molecule has 2 aromatic rings. The van der Waals surface area contributed by atoms with Crippen molar-refractivity contribution in [1.82, 2.24) is 15.4 Å². The molecule has 0 amide bonds. The van der Waals surface area contributed by atoms with Crippen molar-refractivity contribution in [3.8, 4) is 0 Å². The van der Waals surface area contributed by atoms with E-state index in [1.54, 1.807) is 0 Å². The number of aromatic nitrogens is 3. The van der Waals surface area contributed by atoms with E-state index < -0.39 is 0 Å². The van der Waals surface area contributed by atoms with Crippen molar-refractivity contribution < 1.29 is 4.58 Å². The van der Waals surface area contributed by atoms with E-state index in [-0.39, 0.29) is 0 Å². The summed E-state index contributed by atoms with van der Waals surface area (Å²) in [6, 6.07) is 7.60. The Bertz CT molecular complexity index is 408. The van der Waals surface area contributed by atoms with Gasteiger partial charge in [-0.05, 0) is 12.1 Å². The van der Waals surface area contributed by atoms with Crippen LogP contribution in [0.25, 0.3) is 11.0 Å². The summed E-state index contributed by atoms with van der Waals surface area (Å²) in [5.74, 6) is 0. The topological polar surface area (TPSA) is 42.9 Å². The molecule has 0 N–H and O–H groups in total. The Labute approximate surface area is 88.6 Å². The van der Waals surface area contributed by atoms with Gasteiger partial charge in [-0.2, -0.15) is 0 Å². The van der Waals surface area contributed by atoms with Crippen LogP contribution in [0.3, 0.4) is 0 Å². The highest BCUT2D eigenvalue weighted by molar-refractivity contribution is 5.72. The summed E-state index contributed by atoms with van der Waals surface area (Å²) in [5.41, 5.74) is 1.72. The van der Waals surface area contributed by atoms with Crippen LogP contribution in [0.4, 0.5) is 0 Å². The Balaban J connectivity index is 0.000000124. The molecule has 1 aromatic carbocycles. The Morgan fingerprint density at radius 2 is 1.60 bits per heavy atom. The van der Waals surface area contributed by atoms with Crippen LogP contribution in [-0.2, 0) is 0 Å². The third-order valence-electron chi connectivity index (χ3n) is 2.39. The van der Waals surface area contributed by atoms with Crippen molar-refractivity contribution in [2.45, 2.75) is 12.8 Å². The first kappa shape index (κ1) is 9.83. The molecular formula is C11H14N4. The van der Waals surface area contributed by atoms with Crippen LogP contribution in [0.1, 0.15) is 12.8 Å². The van der Waals surface area contributed by atoms with E-state index in [2.05, 4.69) is 26.7 Å². The lowest BCUT2D eigenvalue weighted by atomic mass is 10.3. The SMILES string of the molecule is C=[N+]1CCCC1.c1ccc2n[n-]nc2c1. The fraction of sp³-hybridized carbons (Fsp3) is 0.364. The van der Waals surface area contributed by atoms with Gasteiger partial charge < -0.3 is 15.4 Å². The molecule has 2 heterocycles. The van der Waals surface area contributed by atoms with Crippen LogP contribution in [0.2, 0.25) is 0 Å². The van der Waals surface area contributed by atoms with Crippen LogP contribution < -0.4 is 5.21 Å². The molecule has 1 aromatic heterocycles. The fourth-order valence-electron chi connectivity index (χ4n) is 1.53. The first-order chi connectivity index (χ1) is 7.36. The van der Waals surface area contributed by atoms with Crippen molar-refractivity contribution in [3.05, 3.63) is 24.3 Å². The lowest BCUT2D eigenvalue weighted by Crippen LogP contribution is -1.99. The zero-order chi connectivity index (χ0) is 10.5. The highest BCUT2D eigenvalue weighted by Crippen LogP contribution is 2.03. The molecule has 15 heavy (non-hydrogen) atoms. The van der Waals surface area contributed by atoms with Gasteiger partial charge in [-0.1, -0.05) is 12.1 Å². The molecule has 1 fully saturated rings. The number of benzene rings is 1. The predicted octanol–water partition coefficient (Wildman–Crippen LogP) is 1.08. The van der Waals surface area contributed by atoms with Gasteiger partial charge >= 0.3 is 0 Å². The van der Waals surface area contributed by atoms with Crippen molar-refractivity contribution >= 4 is 17.8 Å². The Kier molecular flexibility index (Phi) is 3.07. The summed E-state index contributed by atoms with van der Waals surface area (Å²) < 4.78 is 2.11. The number of nitrogens with zero attached hydrogens (tertiary/aromatic N) is 4. The maximum Gasteiger partial charge on any atom is 0.142 e. The van der Waals surface area contributed by atoms with E-state index in [0.717, 1.165) is 11.0 Å². The van der Waals surface area contributed by atoms with Crippen LogP contribution in [0, 0.1) is 0 Å². The number of fused-ring (bicyclic) bond motifs is 1. The third-order valence-corrected chi connectivity index (χ3v) is 2.39. The van der Waals surface area contributed by atoms with Gasteiger partial charge in [0.1, 0.15) is 19.8 Å². The van der Waals surface area contributed by atoms with E-state index in [1.165, 1.54) is 25.9 Å². The minimum Gasteiger partial charge on any atom is -0.492 e. The summed E-state index contributed by atoms with van der Waals surface area (Å²) in [7, 11) is 0. The van der Waals surface area contributed by atoms with E-state index in [1.807, 2.05) is 24.3 Å². The molecule has 1 saturated heterocycles. The monoisotopic (exact) mass is 202 g/mol. The van der Waals surface area contributed by atoms with Gasteiger partial charge in [0.25, 0.3) is 0 Å². The van der Waals surface area contributed by atoms with Gasteiger partial charge in [0.05, 0.1) is 11.0 Å². The number of hydrogen-bond donors (Lipinski definition) is 0. The highest BCUT2D eigenvalue weighted by atomic mass is 15.3.